The van der Waals surface area contributed by atoms with Gasteiger partial charge in [-0.1, -0.05) is 13.8 Å². The number of nitrogens with zero attached hydrogens (tertiary/aromatic N) is 2. The largest absolute Gasteiger partial charge is 0.480 e. The van der Waals surface area contributed by atoms with Gasteiger partial charge in [-0.3, -0.25) is 14.7 Å². The molecular weight excluding hydrogens is 216 g/mol. The third-order valence-corrected chi connectivity index (χ3v) is 2.45. The van der Waals surface area contributed by atoms with Gasteiger partial charge in [-0.2, -0.15) is 0 Å². The van der Waals surface area contributed by atoms with Crippen LogP contribution in [0.25, 0.3) is 0 Å². The number of carbonyl (C=O) groups is 1. The Morgan fingerprint density at radius 3 is 2.59 bits per heavy atom. The van der Waals surface area contributed by atoms with Crippen LogP contribution in [-0.4, -0.2) is 40.6 Å². The van der Waals surface area contributed by atoms with E-state index in [0.29, 0.717) is 5.92 Å². The zero-order valence-electron chi connectivity index (χ0n) is 10.5. The van der Waals surface area contributed by atoms with E-state index in [9.17, 15) is 4.79 Å². The lowest BCUT2D eigenvalue weighted by Crippen LogP contribution is -2.34. The molecule has 1 rings (SSSR count). The van der Waals surface area contributed by atoms with Crippen LogP contribution in [-0.2, 0) is 11.2 Å². The number of rotatable bonds is 7. The van der Waals surface area contributed by atoms with Crippen LogP contribution in [0, 0.1) is 5.92 Å². The lowest BCUT2D eigenvalue weighted by molar-refractivity contribution is -0.138. The van der Waals surface area contributed by atoms with E-state index in [1.54, 1.807) is 12.4 Å². The first-order valence-electron chi connectivity index (χ1n) is 5.91. The monoisotopic (exact) mass is 236 g/mol. The van der Waals surface area contributed by atoms with Crippen LogP contribution < -0.4 is 0 Å². The molecular formula is C13H20N2O2. The molecule has 0 amide bonds. The van der Waals surface area contributed by atoms with Gasteiger partial charge in [0.15, 0.2) is 0 Å². The van der Waals surface area contributed by atoms with Gasteiger partial charge >= 0.3 is 5.97 Å². The van der Waals surface area contributed by atoms with Crippen LogP contribution in [0.15, 0.2) is 24.5 Å². The van der Waals surface area contributed by atoms with Crippen molar-refractivity contribution in [2.24, 2.45) is 5.92 Å². The molecule has 0 spiro atoms. The SMILES string of the molecule is CC(C)CN(CCc1ccncc1)CC(=O)O. The fourth-order valence-electron chi connectivity index (χ4n) is 1.78. The summed E-state index contributed by atoms with van der Waals surface area (Å²) in [7, 11) is 0. The van der Waals surface area contributed by atoms with Crippen LogP contribution in [0.5, 0.6) is 0 Å². The van der Waals surface area contributed by atoms with Crippen LogP contribution >= 0.6 is 0 Å². The third kappa shape index (κ3) is 6.02. The summed E-state index contributed by atoms with van der Waals surface area (Å²) in [6.45, 7) is 5.90. The molecule has 1 aromatic rings. The van der Waals surface area contributed by atoms with Gasteiger partial charge in [-0.05, 0) is 30.0 Å². The molecule has 4 heteroatoms. The maximum Gasteiger partial charge on any atom is 0.317 e. The molecule has 0 unspecified atom stereocenters. The molecule has 0 atom stereocenters. The quantitative estimate of drug-likeness (QED) is 0.782. The van der Waals surface area contributed by atoms with E-state index in [4.69, 9.17) is 5.11 Å². The standard InChI is InChI=1S/C13H20N2O2/c1-11(2)9-15(10-13(16)17)8-5-12-3-6-14-7-4-12/h3-4,6-7,11H,5,8-10H2,1-2H3,(H,16,17). The Kier molecular flexibility index (Phi) is 5.63. The maximum atomic E-state index is 10.8. The summed E-state index contributed by atoms with van der Waals surface area (Å²) in [5, 5.41) is 8.84. The highest BCUT2D eigenvalue weighted by atomic mass is 16.4. The van der Waals surface area contributed by atoms with Gasteiger partial charge in [-0.15, -0.1) is 0 Å². The van der Waals surface area contributed by atoms with Crippen molar-refractivity contribution in [3.05, 3.63) is 30.1 Å². The number of pyridine rings is 1. The Morgan fingerprint density at radius 2 is 2.06 bits per heavy atom. The van der Waals surface area contributed by atoms with Gasteiger partial charge < -0.3 is 5.11 Å². The predicted octanol–water partition coefficient (Wildman–Crippen LogP) is 1.67. The minimum absolute atomic E-state index is 0.114. The summed E-state index contributed by atoms with van der Waals surface area (Å²) in [6, 6.07) is 3.93. The Balaban J connectivity index is 2.45. The Labute approximate surface area is 102 Å². The van der Waals surface area contributed by atoms with Crippen molar-refractivity contribution in [2.45, 2.75) is 20.3 Å². The van der Waals surface area contributed by atoms with Crippen LogP contribution in [0.4, 0.5) is 0 Å². The van der Waals surface area contributed by atoms with Gasteiger partial charge in [0, 0.05) is 25.5 Å². The topological polar surface area (TPSA) is 53.4 Å². The zero-order chi connectivity index (χ0) is 12.7. The molecule has 1 aromatic heterocycles. The van der Waals surface area contributed by atoms with Gasteiger partial charge in [0.25, 0.3) is 0 Å². The molecule has 0 bridgehead atoms. The molecule has 0 fully saturated rings. The minimum Gasteiger partial charge on any atom is -0.480 e. The molecule has 0 aromatic carbocycles. The van der Waals surface area contributed by atoms with Crippen LogP contribution in [0.1, 0.15) is 19.4 Å². The molecule has 94 valence electrons. The average Bonchev–Trinajstić information content (AvgIpc) is 2.26. The van der Waals surface area contributed by atoms with Crippen molar-refractivity contribution in [1.82, 2.24) is 9.88 Å². The fraction of sp³-hybridized carbons (Fsp3) is 0.538. The van der Waals surface area contributed by atoms with Crippen molar-refractivity contribution in [3.8, 4) is 0 Å². The predicted molar refractivity (Wildman–Crippen MR) is 66.9 cm³/mol. The highest BCUT2D eigenvalue weighted by Crippen LogP contribution is 2.03. The molecule has 0 saturated carbocycles. The summed E-state index contributed by atoms with van der Waals surface area (Å²) >= 11 is 0. The minimum atomic E-state index is -0.764. The Morgan fingerprint density at radius 1 is 1.41 bits per heavy atom. The van der Waals surface area contributed by atoms with Gasteiger partial charge in [0.1, 0.15) is 0 Å². The second-order valence-corrected chi connectivity index (χ2v) is 4.63. The number of carboxylic acid groups (broad SMARTS) is 1. The summed E-state index contributed by atoms with van der Waals surface area (Å²) in [5.41, 5.74) is 1.19. The van der Waals surface area contributed by atoms with Crippen molar-refractivity contribution in [3.63, 3.8) is 0 Å². The second kappa shape index (κ2) is 7.01. The smallest absolute Gasteiger partial charge is 0.317 e. The van der Waals surface area contributed by atoms with Gasteiger partial charge in [0.2, 0.25) is 0 Å². The van der Waals surface area contributed by atoms with E-state index in [0.717, 1.165) is 19.5 Å². The van der Waals surface area contributed by atoms with E-state index >= 15 is 0 Å². The number of aliphatic carboxylic acids is 1. The third-order valence-electron chi connectivity index (χ3n) is 2.45. The molecule has 0 aliphatic heterocycles. The number of aromatic nitrogens is 1. The molecule has 17 heavy (non-hydrogen) atoms. The van der Waals surface area contributed by atoms with Crippen LogP contribution in [0.3, 0.4) is 0 Å². The first-order valence-corrected chi connectivity index (χ1v) is 5.91. The Hall–Kier alpha value is -1.42. The lowest BCUT2D eigenvalue weighted by Gasteiger charge is -2.22. The van der Waals surface area contributed by atoms with Crippen molar-refractivity contribution >= 4 is 5.97 Å². The zero-order valence-corrected chi connectivity index (χ0v) is 10.5. The van der Waals surface area contributed by atoms with Crippen molar-refractivity contribution in [1.29, 1.82) is 0 Å². The van der Waals surface area contributed by atoms with E-state index in [1.165, 1.54) is 5.56 Å². The number of carboxylic acids is 1. The highest BCUT2D eigenvalue weighted by molar-refractivity contribution is 5.69. The fourth-order valence-corrected chi connectivity index (χ4v) is 1.78. The molecule has 0 saturated heterocycles. The summed E-state index contributed by atoms with van der Waals surface area (Å²) in [5.74, 6) is -0.285. The average molecular weight is 236 g/mol. The molecule has 1 heterocycles. The Bertz CT molecular complexity index is 339. The normalized spacial score (nSPS) is 11.1. The lowest BCUT2D eigenvalue weighted by atomic mass is 10.1. The highest BCUT2D eigenvalue weighted by Gasteiger charge is 2.11. The van der Waals surface area contributed by atoms with E-state index in [2.05, 4.69) is 18.8 Å². The van der Waals surface area contributed by atoms with E-state index in [-0.39, 0.29) is 6.54 Å². The van der Waals surface area contributed by atoms with Gasteiger partial charge in [-0.25, -0.2) is 0 Å². The van der Waals surface area contributed by atoms with Gasteiger partial charge in [0.05, 0.1) is 6.54 Å². The maximum absolute atomic E-state index is 10.8. The number of hydrogen-bond donors (Lipinski definition) is 1. The van der Waals surface area contributed by atoms with E-state index < -0.39 is 5.97 Å². The van der Waals surface area contributed by atoms with Crippen molar-refractivity contribution in [2.75, 3.05) is 19.6 Å². The van der Waals surface area contributed by atoms with Crippen molar-refractivity contribution < 1.29 is 9.90 Å². The molecule has 0 radical (unpaired) electrons. The summed E-state index contributed by atoms with van der Waals surface area (Å²) < 4.78 is 0. The first kappa shape index (κ1) is 13.6. The summed E-state index contributed by atoms with van der Waals surface area (Å²) in [6.07, 6.45) is 4.39. The number of hydrogen-bond acceptors (Lipinski definition) is 3. The van der Waals surface area contributed by atoms with E-state index in [1.807, 2.05) is 17.0 Å². The molecule has 4 nitrogen and oxygen atoms in total. The molecule has 0 aliphatic carbocycles. The summed E-state index contributed by atoms with van der Waals surface area (Å²) in [4.78, 5) is 16.7. The van der Waals surface area contributed by atoms with Crippen LogP contribution in [0.2, 0.25) is 0 Å². The second-order valence-electron chi connectivity index (χ2n) is 4.63. The molecule has 1 N–H and O–H groups in total. The first-order chi connectivity index (χ1) is 8.08. The molecule has 0 aliphatic rings.